The summed E-state index contributed by atoms with van der Waals surface area (Å²) in [5.41, 5.74) is 3.43. The van der Waals surface area contributed by atoms with E-state index in [0.29, 0.717) is 5.56 Å². The molecule has 6 rings (SSSR count). The number of esters is 1. The van der Waals surface area contributed by atoms with E-state index in [4.69, 9.17) is 4.74 Å². The van der Waals surface area contributed by atoms with Crippen molar-refractivity contribution in [2.75, 3.05) is 6.61 Å². The lowest BCUT2D eigenvalue weighted by Crippen LogP contribution is -2.56. The number of nitrogens with one attached hydrogen (secondary N) is 1. The molecule has 0 aromatic heterocycles. The minimum absolute atomic E-state index is 0.158. The number of carbonyl (C=O) groups excluding carboxylic acids is 2. The van der Waals surface area contributed by atoms with Crippen molar-refractivity contribution in [1.29, 1.82) is 0 Å². The second kappa shape index (κ2) is 7.45. The standard InChI is InChI=1S/C25H33NO3/c1-16(25-12-17-8-18(13-25)10-19(9-17)14-25)26-23(27)15-29-24(28)22-7-6-20-4-2-3-5-21(20)11-22/h6-7,11,16-19H,2-5,8-10,12-15H2,1H3,(H,26,27)/t16-,17?,18?,19?,25?/m0/s1. The Morgan fingerprint density at radius 2 is 1.66 bits per heavy atom. The van der Waals surface area contributed by atoms with E-state index < -0.39 is 5.97 Å². The summed E-state index contributed by atoms with van der Waals surface area (Å²) >= 11 is 0. The molecule has 156 valence electrons. The summed E-state index contributed by atoms with van der Waals surface area (Å²) in [6.07, 6.45) is 12.5. The van der Waals surface area contributed by atoms with Crippen LogP contribution in [0.2, 0.25) is 0 Å². The van der Waals surface area contributed by atoms with E-state index in [1.54, 1.807) is 0 Å². The van der Waals surface area contributed by atoms with E-state index in [1.807, 2.05) is 18.2 Å². The Kier molecular flexibility index (Phi) is 4.92. The summed E-state index contributed by atoms with van der Waals surface area (Å²) in [5.74, 6) is 2.03. The first-order valence-electron chi connectivity index (χ1n) is 11.6. The number of ether oxygens (including phenoxy) is 1. The van der Waals surface area contributed by atoms with Gasteiger partial charge in [-0.2, -0.15) is 0 Å². The second-order valence-corrected chi connectivity index (χ2v) is 10.3. The van der Waals surface area contributed by atoms with Gasteiger partial charge in [-0.3, -0.25) is 4.79 Å². The van der Waals surface area contributed by atoms with Gasteiger partial charge in [0.2, 0.25) is 0 Å². The van der Waals surface area contributed by atoms with Crippen molar-refractivity contribution in [2.45, 2.75) is 77.2 Å². The third-order valence-corrected chi connectivity index (χ3v) is 8.30. The quantitative estimate of drug-likeness (QED) is 0.750. The molecule has 29 heavy (non-hydrogen) atoms. The molecule has 0 aliphatic heterocycles. The minimum atomic E-state index is -0.393. The molecule has 0 spiro atoms. The maximum atomic E-state index is 12.5. The van der Waals surface area contributed by atoms with E-state index in [0.717, 1.165) is 30.6 Å². The Balaban J connectivity index is 1.16. The van der Waals surface area contributed by atoms with E-state index in [-0.39, 0.29) is 24.0 Å². The number of carbonyl (C=O) groups is 2. The van der Waals surface area contributed by atoms with Crippen molar-refractivity contribution in [3.63, 3.8) is 0 Å². The Labute approximate surface area is 173 Å². The smallest absolute Gasteiger partial charge is 0.338 e. The van der Waals surface area contributed by atoms with Crippen LogP contribution in [-0.2, 0) is 22.4 Å². The summed E-state index contributed by atoms with van der Waals surface area (Å²) in [6, 6.07) is 5.99. The van der Waals surface area contributed by atoms with Gasteiger partial charge >= 0.3 is 5.97 Å². The summed E-state index contributed by atoms with van der Waals surface area (Å²) in [7, 11) is 0. The zero-order chi connectivity index (χ0) is 20.0. The maximum Gasteiger partial charge on any atom is 0.338 e. The first kappa shape index (κ1) is 19.1. The van der Waals surface area contributed by atoms with Gasteiger partial charge in [0.25, 0.3) is 5.91 Å². The molecule has 1 atom stereocenters. The zero-order valence-electron chi connectivity index (χ0n) is 17.5. The highest BCUT2D eigenvalue weighted by atomic mass is 16.5. The van der Waals surface area contributed by atoms with Gasteiger partial charge in [0.1, 0.15) is 0 Å². The van der Waals surface area contributed by atoms with Crippen LogP contribution >= 0.6 is 0 Å². The number of rotatable bonds is 5. The number of hydrogen-bond donors (Lipinski definition) is 1. The molecule has 5 aliphatic carbocycles. The van der Waals surface area contributed by atoms with Crippen molar-refractivity contribution < 1.29 is 14.3 Å². The third kappa shape index (κ3) is 3.71. The predicted molar refractivity (Wildman–Crippen MR) is 112 cm³/mol. The Morgan fingerprint density at radius 3 is 2.31 bits per heavy atom. The van der Waals surface area contributed by atoms with Gasteiger partial charge in [-0.1, -0.05) is 6.07 Å². The number of fused-ring (bicyclic) bond motifs is 1. The molecule has 4 nitrogen and oxygen atoms in total. The average molecular weight is 396 g/mol. The van der Waals surface area contributed by atoms with Crippen LogP contribution in [0.25, 0.3) is 0 Å². The highest BCUT2D eigenvalue weighted by molar-refractivity contribution is 5.91. The van der Waals surface area contributed by atoms with Gasteiger partial charge in [0.05, 0.1) is 5.56 Å². The van der Waals surface area contributed by atoms with Crippen molar-refractivity contribution in [3.8, 4) is 0 Å². The zero-order valence-corrected chi connectivity index (χ0v) is 17.5. The fourth-order valence-corrected chi connectivity index (χ4v) is 7.22. The normalized spacial score (nSPS) is 33.1. The van der Waals surface area contributed by atoms with Crippen molar-refractivity contribution in [2.24, 2.45) is 23.2 Å². The van der Waals surface area contributed by atoms with Gasteiger partial charge < -0.3 is 10.1 Å². The Morgan fingerprint density at radius 1 is 1.03 bits per heavy atom. The lowest BCUT2D eigenvalue weighted by atomic mass is 9.48. The van der Waals surface area contributed by atoms with Gasteiger partial charge in [0.15, 0.2) is 6.61 Å². The summed E-state index contributed by atoms with van der Waals surface area (Å²) in [5, 5.41) is 3.18. The molecular weight excluding hydrogens is 362 g/mol. The monoisotopic (exact) mass is 395 g/mol. The van der Waals surface area contributed by atoms with Crippen LogP contribution < -0.4 is 5.32 Å². The van der Waals surface area contributed by atoms with Crippen LogP contribution in [0.5, 0.6) is 0 Å². The molecule has 4 saturated carbocycles. The van der Waals surface area contributed by atoms with Gasteiger partial charge in [-0.25, -0.2) is 4.79 Å². The SMILES string of the molecule is C[C@H](NC(=O)COC(=O)c1ccc2c(c1)CCCC2)C12CC3CC(CC(C3)C1)C2. The van der Waals surface area contributed by atoms with Crippen LogP contribution in [0.15, 0.2) is 18.2 Å². The summed E-state index contributed by atoms with van der Waals surface area (Å²) < 4.78 is 5.35. The highest BCUT2D eigenvalue weighted by Crippen LogP contribution is 2.61. The van der Waals surface area contributed by atoms with Gasteiger partial charge in [-0.15, -0.1) is 0 Å². The van der Waals surface area contributed by atoms with Gasteiger partial charge in [-0.05, 0) is 118 Å². The first-order chi connectivity index (χ1) is 14.0. The van der Waals surface area contributed by atoms with Crippen molar-refractivity contribution >= 4 is 11.9 Å². The summed E-state index contributed by atoms with van der Waals surface area (Å²) in [6.45, 7) is 1.98. The minimum Gasteiger partial charge on any atom is -0.452 e. The van der Waals surface area contributed by atoms with Crippen LogP contribution in [0.3, 0.4) is 0 Å². The third-order valence-electron chi connectivity index (χ3n) is 8.30. The Bertz CT molecular complexity index is 779. The van der Waals surface area contributed by atoms with E-state index in [1.165, 1.54) is 62.5 Å². The summed E-state index contributed by atoms with van der Waals surface area (Å²) in [4.78, 5) is 25.0. The number of hydrogen-bond acceptors (Lipinski definition) is 3. The lowest BCUT2D eigenvalue weighted by molar-refractivity contribution is -0.128. The molecule has 5 aliphatic rings. The van der Waals surface area contributed by atoms with Crippen molar-refractivity contribution in [3.05, 3.63) is 34.9 Å². The van der Waals surface area contributed by atoms with Crippen LogP contribution in [0, 0.1) is 23.2 Å². The van der Waals surface area contributed by atoms with E-state index in [9.17, 15) is 9.59 Å². The molecule has 4 fully saturated rings. The number of amides is 1. The first-order valence-corrected chi connectivity index (χ1v) is 11.6. The average Bonchev–Trinajstić information content (AvgIpc) is 2.70. The van der Waals surface area contributed by atoms with E-state index in [2.05, 4.69) is 12.2 Å². The number of benzene rings is 1. The van der Waals surface area contributed by atoms with Crippen LogP contribution in [0.4, 0.5) is 0 Å². The Hall–Kier alpha value is -1.84. The highest BCUT2D eigenvalue weighted by Gasteiger charge is 2.53. The molecule has 0 unspecified atom stereocenters. The lowest BCUT2D eigenvalue weighted by Gasteiger charge is -2.59. The molecule has 1 aromatic carbocycles. The fraction of sp³-hybridized carbons (Fsp3) is 0.680. The molecule has 1 amide bonds. The molecular formula is C25H33NO3. The maximum absolute atomic E-state index is 12.5. The van der Waals surface area contributed by atoms with E-state index >= 15 is 0 Å². The molecule has 4 bridgehead atoms. The largest absolute Gasteiger partial charge is 0.452 e. The molecule has 1 aromatic rings. The predicted octanol–water partition coefficient (Wildman–Crippen LogP) is 4.44. The molecule has 1 N–H and O–H groups in total. The second-order valence-electron chi connectivity index (χ2n) is 10.3. The van der Waals surface area contributed by atoms with Crippen molar-refractivity contribution in [1.82, 2.24) is 5.32 Å². The van der Waals surface area contributed by atoms with Gasteiger partial charge in [0, 0.05) is 6.04 Å². The fourth-order valence-electron chi connectivity index (χ4n) is 7.22. The molecule has 0 heterocycles. The van der Waals surface area contributed by atoms with Crippen LogP contribution in [0.1, 0.15) is 79.8 Å². The molecule has 4 heteroatoms. The number of aryl methyl sites for hydroxylation is 2. The molecule has 0 saturated heterocycles. The van der Waals surface area contributed by atoms with Crippen LogP contribution in [-0.4, -0.2) is 24.5 Å². The topological polar surface area (TPSA) is 55.4 Å². The molecule has 0 radical (unpaired) electrons.